The number of carboxylic acids is 1. The van der Waals surface area contributed by atoms with E-state index < -0.39 is 5.97 Å². The Morgan fingerprint density at radius 3 is 3.04 bits per heavy atom. The molecule has 6 heteroatoms. The van der Waals surface area contributed by atoms with Crippen LogP contribution in [-0.2, 0) is 0 Å². The van der Waals surface area contributed by atoms with E-state index in [4.69, 9.17) is 4.74 Å². The molecule has 3 heterocycles. The molecule has 0 radical (unpaired) electrons. The minimum absolute atomic E-state index is 0.236. The predicted molar refractivity (Wildman–Crippen MR) is 102 cm³/mol. The number of fused-ring (bicyclic) bond motifs is 1. The summed E-state index contributed by atoms with van der Waals surface area (Å²) in [6, 6.07) is 9.95. The molecule has 1 aromatic carbocycles. The van der Waals surface area contributed by atoms with Crippen LogP contribution >= 0.6 is 11.3 Å². The number of aromatic carboxylic acids is 1. The number of pyridine rings is 1. The van der Waals surface area contributed by atoms with Crippen molar-refractivity contribution in [3.8, 4) is 16.9 Å². The third-order valence-electron chi connectivity index (χ3n) is 4.62. The number of carbonyl (C=O) groups is 1. The number of ether oxygens (including phenoxy) is 1. The van der Waals surface area contributed by atoms with Crippen LogP contribution < -0.4 is 10.1 Å². The smallest absolute Gasteiger partial charge is 0.337 e. The molecule has 4 rings (SSSR count). The van der Waals surface area contributed by atoms with Crippen LogP contribution in [0, 0.1) is 0 Å². The summed E-state index contributed by atoms with van der Waals surface area (Å²) in [7, 11) is 0. The van der Waals surface area contributed by atoms with E-state index in [0.717, 1.165) is 23.3 Å². The maximum Gasteiger partial charge on any atom is 0.337 e. The normalized spacial score (nSPS) is 15.8. The van der Waals surface area contributed by atoms with E-state index in [1.54, 1.807) is 17.5 Å². The van der Waals surface area contributed by atoms with E-state index in [2.05, 4.69) is 45.3 Å². The van der Waals surface area contributed by atoms with Crippen LogP contribution in [0.3, 0.4) is 0 Å². The fourth-order valence-corrected chi connectivity index (χ4v) is 3.90. The number of hydrogen-bond acceptors (Lipinski definition) is 5. The molecule has 2 N–H and O–H groups in total. The lowest BCUT2D eigenvalue weighted by Crippen LogP contribution is -2.21. The molecule has 1 aliphatic rings. The van der Waals surface area contributed by atoms with Gasteiger partial charge in [-0.05, 0) is 52.1 Å². The Kier molecular flexibility index (Phi) is 4.58. The van der Waals surface area contributed by atoms with Gasteiger partial charge in [-0.25, -0.2) is 4.79 Å². The number of benzene rings is 1. The van der Waals surface area contributed by atoms with Crippen LogP contribution in [0.15, 0.2) is 53.5 Å². The molecular formula is C20H18N2O3S. The molecule has 2 aromatic heterocycles. The van der Waals surface area contributed by atoms with Crippen molar-refractivity contribution in [3.63, 3.8) is 0 Å². The molecule has 0 saturated carbocycles. The molecule has 0 spiro atoms. The second-order valence-electron chi connectivity index (χ2n) is 6.21. The molecule has 132 valence electrons. The van der Waals surface area contributed by atoms with Crippen LogP contribution in [0.25, 0.3) is 11.1 Å². The van der Waals surface area contributed by atoms with E-state index in [9.17, 15) is 9.90 Å². The Labute approximate surface area is 155 Å². The third kappa shape index (κ3) is 3.28. The maximum absolute atomic E-state index is 11.3. The maximum atomic E-state index is 11.3. The highest BCUT2D eigenvalue weighted by molar-refractivity contribution is 7.08. The second kappa shape index (κ2) is 7.17. The Morgan fingerprint density at radius 1 is 1.31 bits per heavy atom. The average Bonchev–Trinajstić information content (AvgIpc) is 3.21. The molecule has 26 heavy (non-hydrogen) atoms. The predicted octanol–water partition coefficient (Wildman–Crippen LogP) is 4.49. The summed E-state index contributed by atoms with van der Waals surface area (Å²) in [4.78, 5) is 15.4. The summed E-state index contributed by atoms with van der Waals surface area (Å²) in [6.45, 7) is 1.30. The summed E-state index contributed by atoms with van der Waals surface area (Å²) in [5, 5.41) is 16.7. The van der Waals surface area contributed by atoms with Gasteiger partial charge in [0.05, 0.1) is 24.1 Å². The Bertz CT molecular complexity index is 925. The fraction of sp³-hybridized carbons (Fsp3) is 0.200. The van der Waals surface area contributed by atoms with E-state index in [0.29, 0.717) is 18.8 Å². The zero-order valence-corrected chi connectivity index (χ0v) is 14.8. The molecule has 5 nitrogen and oxygen atoms in total. The molecule has 1 aliphatic heterocycles. The quantitative estimate of drug-likeness (QED) is 0.696. The largest absolute Gasteiger partial charge is 0.493 e. The molecule has 0 bridgehead atoms. The van der Waals surface area contributed by atoms with Crippen LogP contribution in [0.2, 0.25) is 0 Å². The van der Waals surface area contributed by atoms with Crippen molar-refractivity contribution in [2.75, 3.05) is 18.5 Å². The van der Waals surface area contributed by atoms with E-state index in [1.165, 1.54) is 17.8 Å². The lowest BCUT2D eigenvalue weighted by molar-refractivity contribution is 0.0697. The number of nitrogens with one attached hydrogen (secondary N) is 1. The standard InChI is InChI=1S/C20H18N2O3S/c23-20(24)17-3-6-21-11-18(17)22-10-14-4-7-25-19-9-13(1-2-16(14)19)15-5-8-26-12-15/h1-3,5-6,8-9,11-12,14,22H,4,7,10H2,(H,23,24). The van der Waals surface area contributed by atoms with Gasteiger partial charge >= 0.3 is 5.97 Å². The van der Waals surface area contributed by atoms with Crippen LogP contribution in [-0.4, -0.2) is 29.2 Å². The first-order chi connectivity index (χ1) is 12.7. The highest BCUT2D eigenvalue weighted by Gasteiger charge is 2.22. The zero-order chi connectivity index (χ0) is 17.9. The van der Waals surface area contributed by atoms with Gasteiger partial charge in [0.15, 0.2) is 0 Å². The summed E-state index contributed by atoms with van der Waals surface area (Å²) < 4.78 is 5.88. The van der Waals surface area contributed by atoms with Gasteiger partial charge in [-0.1, -0.05) is 12.1 Å². The Hall–Kier alpha value is -2.86. The van der Waals surface area contributed by atoms with Crippen molar-refractivity contribution in [1.29, 1.82) is 0 Å². The monoisotopic (exact) mass is 366 g/mol. The van der Waals surface area contributed by atoms with Crippen molar-refractivity contribution in [1.82, 2.24) is 4.98 Å². The van der Waals surface area contributed by atoms with Crippen molar-refractivity contribution >= 4 is 23.0 Å². The Balaban J connectivity index is 1.54. The van der Waals surface area contributed by atoms with Crippen LogP contribution in [0.1, 0.15) is 28.3 Å². The van der Waals surface area contributed by atoms with E-state index in [-0.39, 0.29) is 11.5 Å². The number of hydrogen-bond donors (Lipinski definition) is 2. The molecule has 0 saturated heterocycles. The van der Waals surface area contributed by atoms with Crippen molar-refractivity contribution in [3.05, 3.63) is 64.6 Å². The van der Waals surface area contributed by atoms with E-state index >= 15 is 0 Å². The highest BCUT2D eigenvalue weighted by Crippen LogP contribution is 2.37. The van der Waals surface area contributed by atoms with Gasteiger partial charge in [0, 0.05) is 18.7 Å². The first-order valence-corrected chi connectivity index (χ1v) is 9.37. The summed E-state index contributed by atoms with van der Waals surface area (Å²) in [5.41, 5.74) is 4.29. The lowest BCUT2D eigenvalue weighted by atomic mass is 9.91. The van der Waals surface area contributed by atoms with Gasteiger partial charge in [-0.3, -0.25) is 4.98 Å². The average molecular weight is 366 g/mol. The van der Waals surface area contributed by atoms with Gasteiger partial charge in [0.1, 0.15) is 5.75 Å². The summed E-state index contributed by atoms with van der Waals surface area (Å²) >= 11 is 1.68. The van der Waals surface area contributed by atoms with Crippen molar-refractivity contribution in [2.24, 2.45) is 0 Å². The summed E-state index contributed by atoms with van der Waals surface area (Å²) in [6.07, 6.45) is 3.94. The van der Waals surface area contributed by atoms with Gasteiger partial charge in [-0.2, -0.15) is 11.3 Å². The van der Waals surface area contributed by atoms with Crippen LogP contribution in [0.5, 0.6) is 5.75 Å². The minimum atomic E-state index is -0.956. The number of anilines is 1. The first kappa shape index (κ1) is 16.6. The van der Waals surface area contributed by atoms with Crippen LogP contribution in [0.4, 0.5) is 5.69 Å². The highest BCUT2D eigenvalue weighted by atomic mass is 32.1. The van der Waals surface area contributed by atoms with Crippen molar-refractivity contribution in [2.45, 2.75) is 12.3 Å². The topological polar surface area (TPSA) is 71.5 Å². The molecule has 0 fully saturated rings. The SMILES string of the molecule is O=C(O)c1ccncc1NCC1CCOc2cc(-c3ccsc3)ccc21. The van der Waals surface area contributed by atoms with Crippen molar-refractivity contribution < 1.29 is 14.6 Å². The number of carboxylic acid groups (broad SMARTS) is 1. The molecule has 3 aromatic rings. The lowest BCUT2D eigenvalue weighted by Gasteiger charge is -2.27. The second-order valence-corrected chi connectivity index (χ2v) is 6.99. The molecular weight excluding hydrogens is 348 g/mol. The molecule has 1 atom stereocenters. The fourth-order valence-electron chi connectivity index (χ4n) is 3.24. The summed E-state index contributed by atoms with van der Waals surface area (Å²) in [5.74, 6) is 0.219. The van der Waals surface area contributed by atoms with E-state index in [1.807, 2.05) is 0 Å². The van der Waals surface area contributed by atoms with Gasteiger partial charge in [0.2, 0.25) is 0 Å². The van der Waals surface area contributed by atoms with Gasteiger partial charge < -0.3 is 15.2 Å². The molecule has 0 amide bonds. The van der Waals surface area contributed by atoms with Gasteiger partial charge in [-0.15, -0.1) is 0 Å². The minimum Gasteiger partial charge on any atom is -0.493 e. The first-order valence-electron chi connectivity index (χ1n) is 8.43. The zero-order valence-electron chi connectivity index (χ0n) is 14.0. The Morgan fingerprint density at radius 2 is 2.23 bits per heavy atom. The number of rotatable bonds is 5. The number of nitrogens with zero attached hydrogens (tertiary/aromatic N) is 1. The third-order valence-corrected chi connectivity index (χ3v) is 5.31. The van der Waals surface area contributed by atoms with Gasteiger partial charge in [0.25, 0.3) is 0 Å². The number of aromatic nitrogens is 1. The number of thiophene rings is 1. The molecule has 0 aliphatic carbocycles. The molecule has 1 unspecified atom stereocenters.